The van der Waals surface area contributed by atoms with Crippen molar-refractivity contribution in [3.63, 3.8) is 0 Å². The molecule has 1 aromatic rings. The summed E-state index contributed by atoms with van der Waals surface area (Å²) < 4.78 is 22.9. The molecule has 1 saturated heterocycles. The van der Waals surface area contributed by atoms with Gasteiger partial charge in [0, 0.05) is 5.82 Å². The first-order valence-electron chi connectivity index (χ1n) is 7.72. The number of hydrogen-bond acceptors (Lipinski definition) is 4. The summed E-state index contributed by atoms with van der Waals surface area (Å²) in [6.45, 7) is 10.7. The lowest BCUT2D eigenvalue weighted by Gasteiger charge is -2.32. The first-order valence-corrected chi connectivity index (χ1v) is 7.72. The van der Waals surface area contributed by atoms with Crippen molar-refractivity contribution in [2.75, 3.05) is 6.79 Å². The number of benzene rings is 1. The predicted molar refractivity (Wildman–Crippen MR) is 87.1 cm³/mol. The van der Waals surface area contributed by atoms with Gasteiger partial charge in [-0.3, -0.25) is 0 Å². The SMILES string of the molecule is CC(/C=C\c1ccc2c(c1)OCO2)B1OC(C)(C)C(C)(C)O1. The van der Waals surface area contributed by atoms with E-state index in [-0.39, 0.29) is 24.1 Å². The average Bonchev–Trinajstić information content (AvgIpc) is 2.98. The van der Waals surface area contributed by atoms with Gasteiger partial charge in [-0.1, -0.05) is 25.1 Å². The topological polar surface area (TPSA) is 36.9 Å². The standard InChI is InChI=1S/C17H23BO4/c1-12(18-21-16(2,3)17(4,5)22-18)6-7-13-8-9-14-15(10-13)20-11-19-14/h6-10,12H,11H2,1-5H3/b7-6-. The van der Waals surface area contributed by atoms with Crippen LogP contribution in [-0.4, -0.2) is 25.1 Å². The van der Waals surface area contributed by atoms with E-state index in [1.54, 1.807) is 0 Å². The fourth-order valence-corrected chi connectivity index (χ4v) is 2.47. The largest absolute Gasteiger partial charge is 0.464 e. The Labute approximate surface area is 132 Å². The Morgan fingerprint density at radius 1 is 1.05 bits per heavy atom. The Balaban J connectivity index is 1.68. The van der Waals surface area contributed by atoms with Crippen LogP contribution in [0.1, 0.15) is 40.2 Å². The van der Waals surface area contributed by atoms with E-state index in [2.05, 4.69) is 46.8 Å². The molecule has 3 rings (SSSR count). The third-order valence-corrected chi connectivity index (χ3v) is 4.69. The van der Waals surface area contributed by atoms with E-state index < -0.39 is 0 Å². The molecule has 0 spiro atoms. The minimum absolute atomic E-state index is 0.159. The monoisotopic (exact) mass is 302 g/mol. The lowest BCUT2D eigenvalue weighted by atomic mass is 9.73. The Morgan fingerprint density at radius 2 is 1.68 bits per heavy atom. The molecule has 4 nitrogen and oxygen atoms in total. The second-order valence-electron chi connectivity index (χ2n) is 6.96. The molecule has 118 valence electrons. The summed E-state index contributed by atoms with van der Waals surface area (Å²) >= 11 is 0. The van der Waals surface area contributed by atoms with Crippen molar-refractivity contribution in [2.45, 2.75) is 51.6 Å². The number of hydrogen-bond donors (Lipinski definition) is 0. The summed E-state index contributed by atoms with van der Waals surface area (Å²) in [4.78, 5) is 0. The molecule has 2 heterocycles. The highest BCUT2D eigenvalue weighted by Gasteiger charge is 2.52. The Hall–Kier alpha value is -1.46. The van der Waals surface area contributed by atoms with Gasteiger partial charge < -0.3 is 18.8 Å². The second-order valence-corrected chi connectivity index (χ2v) is 6.96. The molecule has 22 heavy (non-hydrogen) atoms. The number of ether oxygens (including phenoxy) is 2. The van der Waals surface area contributed by atoms with Crippen LogP contribution in [0.2, 0.25) is 5.82 Å². The summed E-state index contributed by atoms with van der Waals surface area (Å²) in [6, 6.07) is 5.93. The summed E-state index contributed by atoms with van der Waals surface area (Å²) in [5.74, 6) is 1.76. The Morgan fingerprint density at radius 3 is 2.36 bits per heavy atom. The normalized spacial score (nSPS) is 23.2. The minimum Gasteiger partial charge on any atom is -0.454 e. The molecule has 0 amide bonds. The van der Waals surface area contributed by atoms with Crippen molar-refractivity contribution in [2.24, 2.45) is 0 Å². The minimum atomic E-state index is -0.293. The van der Waals surface area contributed by atoms with Gasteiger partial charge in [-0.15, -0.1) is 0 Å². The molecule has 0 saturated carbocycles. The highest BCUT2D eigenvalue weighted by atomic mass is 16.7. The van der Waals surface area contributed by atoms with Crippen LogP contribution >= 0.6 is 0 Å². The molecule has 1 fully saturated rings. The van der Waals surface area contributed by atoms with Gasteiger partial charge in [0.25, 0.3) is 0 Å². The molecule has 1 unspecified atom stereocenters. The van der Waals surface area contributed by atoms with Crippen LogP contribution in [0.3, 0.4) is 0 Å². The summed E-state index contributed by atoms with van der Waals surface area (Å²) in [5, 5.41) is 0. The van der Waals surface area contributed by atoms with E-state index in [0.29, 0.717) is 6.79 Å². The molecule has 0 N–H and O–H groups in total. The smallest absolute Gasteiger partial charge is 0.454 e. The molecular weight excluding hydrogens is 279 g/mol. The van der Waals surface area contributed by atoms with Gasteiger partial charge in [0.1, 0.15) is 0 Å². The van der Waals surface area contributed by atoms with E-state index in [4.69, 9.17) is 18.8 Å². The van der Waals surface area contributed by atoms with E-state index in [9.17, 15) is 0 Å². The number of allylic oxidation sites excluding steroid dienone is 1. The zero-order chi connectivity index (χ0) is 16.0. The van der Waals surface area contributed by atoms with Crippen molar-refractivity contribution < 1.29 is 18.8 Å². The Kier molecular flexibility index (Phi) is 3.73. The van der Waals surface area contributed by atoms with E-state index in [1.165, 1.54) is 0 Å². The van der Waals surface area contributed by atoms with Crippen LogP contribution in [0.15, 0.2) is 24.3 Å². The van der Waals surface area contributed by atoms with Crippen LogP contribution in [0, 0.1) is 0 Å². The van der Waals surface area contributed by atoms with Crippen molar-refractivity contribution >= 4 is 13.2 Å². The molecular formula is C17H23BO4. The molecule has 0 radical (unpaired) electrons. The van der Waals surface area contributed by atoms with Crippen LogP contribution in [0.4, 0.5) is 0 Å². The predicted octanol–water partition coefficient (Wildman–Crippen LogP) is 3.91. The fraction of sp³-hybridized carbons (Fsp3) is 0.529. The van der Waals surface area contributed by atoms with Gasteiger partial charge in [-0.25, -0.2) is 0 Å². The second kappa shape index (κ2) is 5.32. The maximum Gasteiger partial charge on any atom is 0.464 e. The van der Waals surface area contributed by atoms with Gasteiger partial charge in [0.15, 0.2) is 11.5 Å². The van der Waals surface area contributed by atoms with Crippen LogP contribution < -0.4 is 9.47 Å². The van der Waals surface area contributed by atoms with Gasteiger partial charge in [0.2, 0.25) is 6.79 Å². The van der Waals surface area contributed by atoms with Gasteiger partial charge >= 0.3 is 7.12 Å². The maximum atomic E-state index is 6.07. The fourth-order valence-electron chi connectivity index (χ4n) is 2.47. The average molecular weight is 302 g/mol. The van der Waals surface area contributed by atoms with Crippen molar-refractivity contribution in [1.29, 1.82) is 0 Å². The van der Waals surface area contributed by atoms with Crippen molar-refractivity contribution in [3.8, 4) is 11.5 Å². The summed E-state index contributed by atoms with van der Waals surface area (Å²) in [7, 11) is -0.227. The van der Waals surface area contributed by atoms with E-state index in [1.807, 2.05) is 18.2 Å². The number of rotatable bonds is 3. The maximum absolute atomic E-state index is 6.07. The molecule has 2 aliphatic heterocycles. The Bertz CT molecular complexity index is 578. The number of fused-ring (bicyclic) bond motifs is 1. The molecule has 5 heteroatoms. The van der Waals surface area contributed by atoms with Gasteiger partial charge in [-0.2, -0.15) is 0 Å². The molecule has 1 atom stereocenters. The third-order valence-electron chi connectivity index (χ3n) is 4.69. The third kappa shape index (κ3) is 2.75. The lowest BCUT2D eigenvalue weighted by molar-refractivity contribution is 0.00578. The molecule has 0 aromatic heterocycles. The molecule has 0 aliphatic carbocycles. The zero-order valence-corrected chi connectivity index (χ0v) is 13.9. The first-order chi connectivity index (χ1) is 10.3. The van der Waals surface area contributed by atoms with E-state index in [0.717, 1.165) is 17.1 Å². The first kappa shape index (κ1) is 15.4. The van der Waals surface area contributed by atoms with Crippen LogP contribution in [-0.2, 0) is 9.31 Å². The van der Waals surface area contributed by atoms with Gasteiger partial charge in [-0.05, 0) is 45.4 Å². The zero-order valence-electron chi connectivity index (χ0n) is 13.9. The molecule has 0 bridgehead atoms. The summed E-state index contributed by atoms with van der Waals surface area (Å²) in [5.41, 5.74) is 0.490. The highest BCUT2D eigenvalue weighted by Crippen LogP contribution is 2.40. The van der Waals surface area contributed by atoms with Crippen molar-refractivity contribution in [1.82, 2.24) is 0 Å². The quantitative estimate of drug-likeness (QED) is 0.793. The van der Waals surface area contributed by atoms with E-state index >= 15 is 0 Å². The lowest BCUT2D eigenvalue weighted by Crippen LogP contribution is -2.41. The van der Waals surface area contributed by atoms with Crippen molar-refractivity contribution in [3.05, 3.63) is 29.8 Å². The van der Waals surface area contributed by atoms with Crippen LogP contribution in [0.5, 0.6) is 11.5 Å². The van der Waals surface area contributed by atoms with Gasteiger partial charge in [0.05, 0.1) is 11.2 Å². The summed E-state index contributed by atoms with van der Waals surface area (Å²) in [6.07, 6.45) is 4.18. The highest BCUT2D eigenvalue weighted by molar-refractivity contribution is 6.48. The molecule has 2 aliphatic rings. The molecule has 1 aromatic carbocycles. The van der Waals surface area contributed by atoms with Crippen LogP contribution in [0.25, 0.3) is 6.08 Å².